The zero-order valence-corrected chi connectivity index (χ0v) is 7.49. The normalized spacial score (nSPS) is 9.40. The Kier molecular flexibility index (Phi) is 2.34. The third-order valence-corrected chi connectivity index (χ3v) is 1.88. The molecule has 10 heavy (non-hydrogen) atoms. The maximum atomic E-state index is 4.69. The van der Waals surface area contributed by atoms with Crippen molar-refractivity contribution in [1.82, 2.24) is 10.1 Å². The zero-order chi connectivity index (χ0) is 7.56. The van der Waals surface area contributed by atoms with Crippen LogP contribution in [0, 0.1) is 4.71 Å². The largest absolute Gasteiger partial charge is 0.355 e. The van der Waals surface area contributed by atoms with Crippen molar-refractivity contribution in [2.24, 2.45) is 0 Å². The molecule has 0 aliphatic carbocycles. The molecule has 6 heteroatoms. The Morgan fingerprint density at radius 2 is 2.40 bits per heavy atom. The van der Waals surface area contributed by atoms with Gasteiger partial charge in [0, 0.05) is 7.05 Å². The molecule has 0 aromatic carbocycles. The Morgan fingerprint density at radius 3 is 2.90 bits per heavy atom. The highest BCUT2D eigenvalue weighted by atomic mass is 79.9. The molecule has 0 amide bonds. The van der Waals surface area contributed by atoms with Crippen LogP contribution in [0.15, 0.2) is 9.13 Å². The molecule has 0 saturated heterocycles. The van der Waals surface area contributed by atoms with E-state index in [0.29, 0.717) is 10.6 Å². The summed E-state index contributed by atoms with van der Waals surface area (Å²) in [4.78, 5) is 3.89. The first-order chi connectivity index (χ1) is 4.74. The minimum Gasteiger partial charge on any atom is -0.355 e. The molecular formula is C4H4BrN3OS. The molecule has 0 aliphatic heterocycles. The standard InChI is InChI=1S/C4H4BrN3OS/c1-6-4-7-2(5)3(10)9-8-4/h1H3,(H,6,8). The Hall–Kier alpha value is -0.490. The summed E-state index contributed by atoms with van der Waals surface area (Å²) in [7, 11) is 1.69. The van der Waals surface area contributed by atoms with Crippen molar-refractivity contribution in [3.05, 3.63) is 9.31 Å². The molecule has 4 nitrogen and oxygen atoms in total. The molecule has 54 valence electrons. The molecule has 1 aromatic heterocycles. The minimum atomic E-state index is 0.249. The van der Waals surface area contributed by atoms with E-state index in [4.69, 9.17) is 12.2 Å². The molecule has 0 fully saturated rings. The van der Waals surface area contributed by atoms with E-state index >= 15 is 0 Å². The van der Waals surface area contributed by atoms with Crippen LogP contribution in [0.4, 0.5) is 5.95 Å². The number of nitrogens with zero attached hydrogens (tertiary/aromatic N) is 2. The molecule has 0 saturated carbocycles. The summed E-state index contributed by atoms with van der Waals surface area (Å²) in [5, 5.41) is 6.23. The highest BCUT2D eigenvalue weighted by molar-refractivity contribution is 9.10. The van der Waals surface area contributed by atoms with Crippen LogP contribution in [0.1, 0.15) is 0 Å². The van der Waals surface area contributed by atoms with Crippen LogP contribution in [0.2, 0.25) is 0 Å². The van der Waals surface area contributed by atoms with Gasteiger partial charge in [0.25, 0.3) is 10.7 Å². The predicted octanol–water partition coefficient (Wildman–Crippen LogP) is 1.60. The summed E-state index contributed by atoms with van der Waals surface area (Å²) in [6, 6.07) is 0. The molecule has 1 heterocycles. The molecule has 0 aliphatic rings. The summed E-state index contributed by atoms with van der Waals surface area (Å²) >= 11 is 7.79. The number of aromatic nitrogens is 2. The summed E-state index contributed by atoms with van der Waals surface area (Å²) in [5.41, 5.74) is 0. The second-order valence-electron chi connectivity index (χ2n) is 1.45. The van der Waals surface area contributed by atoms with E-state index in [1.807, 2.05) is 0 Å². The van der Waals surface area contributed by atoms with Crippen LogP contribution < -0.4 is 5.32 Å². The Balaban J connectivity index is 3.17. The van der Waals surface area contributed by atoms with E-state index in [-0.39, 0.29) is 4.71 Å². The molecule has 1 rings (SSSR count). The van der Waals surface area contributed by atoms with E-state index in [1.165, 1.54) is 0 Å². The fraction of sp³-hybridized carbons (Fsp3) is 0.250. The Morgan fingerprint density at radius 1 is 1.70 bits per heavy atom. The maximum Gasteiger partial charge on any atom is 0.261 e. The number of halogens is 1. The summed E-state index contributed by atoms with van der Waals surface area (Å²) < 4.78 is 5.41. The molecular weight excluding hydrogens is 218 g/mol. The second-order valence-corrected chi connectivity index (χ2v) is 2.57. The van der Waals surface area contributed by atoms with Crippen LogP contribution in [0.25, 0.3) is 0 Å². The van der Waals surface area contributed by atoms with Gasteiger partial charge in [-0.1, -0.05) is 0 Å². The maximum absolute atomic E-state index is 4.69. The predicted molar refractivity (Wildman–Crippen MR) is 42.4 cm³/mol. The number of hydrogen-bond donors (Lipinski definition) is 1. The molecule has 0 spiro atoms. The van der Waals surface area contributed by atoms with E-state index < -0.39 is 0 Å². The lowest BCUT2D eigenvalue weighted by atomic mass is 10.9. The summed E-state index contributed by atoms with van der Waals surface area (Å²) in [6.07, 6.45) is 0. The van der Waals surface area contributed by atoms with Crippen molar-refractivity contribution < 1.29 is 4.52 Å². The van der Waals surface area contributed by atoms with Crippen molar-refractivity contribution in [1.29, 1.82) is 0 Å². The minimum absolute atomic E-state index is 0.249. The van der Waals surface area contributed by atoms with E-state index in [1.54, 1.807) is 7.05 Å². The first-order valence-corrected chi connectivity index (χ1v) is 3.65. The van der Waals surface area contributed by atoms with Crippen molar-refractivity contribution in [2.45, 2.75) is 0 Å². The van der Waals surface area contributed by atoms with Crippen molar-refractivity contribution in [3.8, 4) is 0 Å². The fourth-order valence-corrected chi connectivity index (χ4v) is 0.706. The van der Waals surface area contributed by atoms with Crippen molar-refractivity contribution >= 4 is 34.1 Å². The lowest BCUT2D eigenvalue weighted by Gasteiger charge is -1.93. The SMILES string of the molecule is CNc1noc(=S)c(Br)n1. The average molecular weight is 222 g/mol. The summed E-state index contributed by atoms with van der Waals surface area (Å²) in [6.45, 7) is 0. The molecule has 1 aromatic rings. The smallest absolute Gasteiger partial charge is 0.261 e. The van der Waals surface area contributed by atoms with Crippen LogP contribution >= 0.6 is 28.1 Å². The highest BCUT2D eigenvalue weighted by Crippen LogP contribution is 2.08. The van der Waals surface area contributed by atoms with Gasteiger partial charge in [0.15, 0.2) is 4.60 Å². The Bertz CT molecular complexity index is 286. The highest BCUT2D eigenvalue weighted by Gasteiger charge is 1.97. The van der Waals surface area contributed by atoms with Gasteiger partial charge < -0.3 is 9.84 Å². The van der Waals surface area contributed by atoms with Crippen molar-refractivity contribution in [2.75, 3.05) is 12.4 Å². The van der Waals surface area contributed by atoms with Gasteiger partial charge in [0.05, 0.1) is 0 Å². The quantitative estimate of drug-likeness (QED) is 0.731. The van der Waals surface area contributed by atoms with E-state index in [2.05, 4.69) is 35.9 Å². The molecule has 1 N–H and O–H groups in total. The third-order valence-electron chi connectivity index (χ3n) is 0.811. The van der Waals surface area contributed by atoms with Crippen LogP contribution in [0.3, 0.4) is 0 Å². The van der Waals surface area contributed by atoms with Crippen molar-refractivity contribution in [3.63, 3.8) is 0 Å². The molecule has 0 atom stereocenters. The fourth-order valence-electron chi connectivity index (χ4n) is 0.383. The number of rotatable bonds is 1. The van der Waals surface area contributed by atoms with Gasteiger partial charge in [-0.25, -0.2) is 0 Å². The number of anilines is 1. The third kappa shape index (κ3) is 1.51. The van der Waals surface area contributed by atoms with Gasteiger partial charge in [-0.05, 0) is 33.3 Å². The van der Waals surface area contributed by atoms with Gasteiger partial charge in [-0.15, -0.1) is 0 Å². The van der Waals surface area contributed by atoms with Crippen LogP contribution in [-0.4, -0.2) is 17.2 Å². The van der Waals surface area contributed by atoms with Gasteiger partial charge in [-0.2, -0.15) is 4.98 Å². The Labute approximate surface area is 70.8 Å². The molecule has 0 radical (unpaired) electrons. The van der Waals surface area contributed by atoms with Crippen LogP contribution in [0.5, 0.6) is 0 Å². The van der Waals surface area contributed by atoms with E-state index in [9.17, 15) is 0 Å². The monoisotopic (exact) mass is 221 g/mol. The van der Waals surface area contributed by atoms with Crippen LogP contribution in [-0.2, 0) is 0 Å². The topological polar surface area (TPSA) is 51.0 Å². The van der Waals surface area contributed by atoms with Gasteiger partial charge in [-0.3, -0.25) is 0 Å². The molecule has 0 unspecified atom stereocenters. The van der Waals surface area contributed by atoms with E-state index in [0.717, 1.165) is 0 Å². The second kappa shape index (κ2) is 3.07. The first kappa shape index (κ1) is 7.62. The average Bonchev–Trinajstić information content (AvgIpc) is 1.95. The molecule has 0 bridgehead atoms. The lowest BCUT2D eigenvalue weighted by molar-refractivity contribution is 0.380. The summed E-state index contributed by atoms with van der Waals surface area (Å²) in [5.74, 6) is 0.403. The number of nitrogens with one attached hydrogen (secondary N) is 1. The lowest BCUT2D eigenvalue weighted by Crippen LogP contribution is -1.95. The number of hydrogen-bond acceptors (Lipinski definition) is 5. The van der Waals surface area contributed by atoms with Gasteiger partial charge in [0.1, 0.15) is 0 Å². The zero-order valence-electron chi connectivity index (χ0n) is 5.09. The first-order valence-electron chi connectivity index (χ1n) is 2.45. The van der Waals surface area contributed by atoms with Gasteiger partial charge in [0.2, 0.25) is 0 Å². The van der Waals surface area contributed by atoms with Gasteiger partial charge >= 0.3 is 0 Å².